The van der Waals surface area contributed by atoms with Crippen molar-refractivity contribution >= 4 is 23.4 Å². The smallest absolute Gasteiger partial charge is 0.0406 e. The van der Waals surface area contributed by atoms with E-state index in [-0.39, 0.29) is 6.04 Å². The number of halogens is 1. The molecule has 1 rings (SSSR count). The Labute approximate surface area is 120 Å². The fourth-order valence-electron chi connectivity index (χ4n) is 1.69. The molecule has 0 amide bonds. The van der Waals surface area contributed by atoms with Gasteiger partial charge in [-0.1, -0.05) is 30.5 Å². The van der Waals surface area contributed by atoms with Crippen LogP contribution in [0.15, 0.2) is 41.8 Å². The number of thioether (sulfide) groups is 1. The van der Waals surface area contributed by atoms with E-state index >= 15 is 0 Å². The lowest BCUT2D eigenvalue weighted by Crippen LogP contribution is -2.22. The zero-order valence-corrected chi connectivity index (χ0v) is 12.3. The van der Waals surface area contributed by atoms with Crippen molar-refractivity contribution in [2.24, 2.45) is 5.73 Å². The summed E-state index contributed by atoms with van der Waals surface area (Å²) in [5.41, 5.74) is 6.10. The van der Waals surface area contributed by atoms with Crippen molar-refractivity contribution in [2.45, 2.75) is 43.0 Å². The lowest BCUT2D eigenvalue weighted by atomic mass is 10.1. The molecule has 18 heavy (non-hydrogen) atoms. The molecule has 0 aromatic heterocycles. The SMILES string of the molecule is C=CCCCCCC(N)CSc1ccc(Cl)cc1. The summed E-state index contributed by atoms with van der Waals surface area (Å²) in [6.45, 7) is 3.73. The standard InChI is InChI=1S/C15H22ClNS/c1-2-3-4-5-6-7-14(17)12-18-15-10-8-13(16)9-11-15/h2,8-11,14H,1,3-7,12,17H2. The number of hydrogen-bond donors (Lipinski definition) is 1. The molecule has 3 heteroatoms. The van der Waals surface area contributed by atoms with E-state index in [1.165, 1.54) is 24.2 Å². The van der Waals surface area contributed by atoms with Gasteiger partial charge in [-0.15, -0.1) is 18.3 Å². The van der Waals surface area contributed by atoms with Crippen molar-refractivity contribution < 1.29 is 0 Å². The Morgan fingerprint density at radius 1 is 1.22 bits per heavy atom. The van der Waals surface area contributed by atoms with Crippen LogP contribution in [-0.2, 0) is 0 Å². The van der Waals surface area contributed by atoms with E-state index < -0.39 is 0 Å². The average Bonchev–Trinajstić information content (AvgIpc) is 2.38. The maximum Gasteiger partial charge on any atom is 0.0406 e. The van der Waals surface area contributed by atoms with Gasteiger partial charge in [0.1, 0.15) is 0 Å². The van der Waals surface area contributed by atoms with Crippen molar-refractivity contribution in [3.63, 3.8) is 0 Å². The highest BCUT2D eigenvalue weighted by Gasteiger charge is 2.03. The van der Waals surface area contributed by atoms with E-state index in [0.29, 0.717) is 0 Å². The van der Waals surface area contributed by atoms with Crippen LogP contribution in [0, 0.1) is 0 Å². The zero-order chi connectivity index (χ0) is 13.2. The maximum absolute atomic E-state index is 6.10. The number of allylic oxidation sites excluding steroid dienone is 1. The third kappa shape index (κ3) is 7.10. The van der Waals surface area contributed by atoms with Crippen LogP contribution in [0.4, 0.5) is 0 Å². The van der Waals surface area contributed by atoms with E-state index in [0.717, 1.165) is 23.6 Å². The first-order chi connectivity index (χ1) is 8.72. The Morgan fingerprint density at radius 2 is 1.94 bits per heavy atom. The average molecular weight is 284 g/mol. The van der Waals surface area contributed by atoms with E-state index in [4.69, 9.17) is 17.3 Å². The molecule has 1 aromatic rings. The highest BCUT2D eigenvalue weighted by Crippen LogP contribution is 2.21. The summed E-state index contributed by atoms with van der Waals surface area (Å²) < 4.78 is 0. The predicted octanol–water partition coefficient (Wildman–Crippen LogP) is 4.90. The molecule has 1 aromatic carbocycles. The summed E-state index contributed by atoms with van der Waals surface area (Å²) >= 11 is 7.65. The lowest BCUT2D eigenvalue weighted by molar-refractivity contribution is 0.587. The van der Waals surface area contributed by atoms with Gasteiger partial charge in [0.2, 0.25) is 0 Å². The monoisotopic (exact) mass is 283 g/mol. The molecule has 1 atom stereocenters. The number of unbranched alkanes of at least 4 members (excludes halogenated alkanes) is 3. The fourth-order valence-corrected chi connectivity index (χ4v) is 2.72. The minimum atomic E-state index is 0.286. The number of rotatable bonds is 9. The topological polar surface area (TPSA) is 26.0 Å². The summed E-state index contributed by atoms with van der Waals surface area (Å²) in [6, 6.07) is 8.22. The number of hydrogen-bond acceptors (Lipinski definition) is 2. The molecule has 0 spiro atoms. The number of benzene rings is 1. The van der Waals surface area contributed by atoms with Crippen molar-refractivity contribution in [3.8, 4) is 0 Å². The summed E-state index contributed by atoms with van der Waals surface area (Å²) in [5, 5.41) is 0.783. The minimum Gasteiger partial charge on any atom is -0.327 e. The second-order valence-corrected chi connectivity index (χ2v) is 5.98. The maximum atomic E-state index is 6.10. The van der Waals surface area contributed by atoms with Gasteiger partial charge in [0, 0.05) is 21.7 Å². The molecule has 0 fully saturated rings. The molecule has 0 aliphatic carbocycles. The Bertz CT molecular complexity index is 337. The Kier molecular flexibility index (Phi) is 8.23. The van der Waals surface area contributed by atoms with Crippen LogP contribution >= 0.6 is 23.4 Å². The van der Waals surface area contributed by atoms with E-state index in [1.807, 2.05) is 30.3 Å². The van der Waals surface area contributed by atoms with E-state index in [2.05, 4.69) is 6.58 Å². The van der Waals surface area contributed by atoms with Gasteiger partial charge in [-0.2, -0.15) is 0 Å². The first-order valence-electron chi connectivity index (χ1n) is 6.47. The quantitative estimate of drug-likeness (QED) is 0.396. The van der Waals surface area contributed by atoms with Crippen LogP contribution in [0.1, 0.15) is 32.1 Å². The molecule has 0 saturated carbocycles. The Morgan fingerprint density at radius 3 is 2.61 bits per heavy atom. The van der Waals surface area contributed by atoms with E-state index in [9.17, 15) is 0 Å². The molecule has 2 N–H and O–H groups in total. The molecule has 0 bridgehead atoms. The minimum absolute atomic E-state index is 0.286. The van der Waals surface area contributed by atoms with E-state index in [1.54, 1.807) is 11.8 Å². The van der Waals surface area contributed by atoms with Crippen LogP contribution in [0.5, 0.6) is 0 Å². The first kappa shape index (κ1) is 15.6. The zero-order valence-electron chi connectivity index (χ0n) is 10.8. The summed E-state index contributed by atoms with van der Waals surface area (Å²) in [7, 11) is 0. The van der Waals surface area contributed by atoms with Gasteiger partial charge in [0.05, 0.1) is 0 Å². The summed E-state index contributed by atoms with van der Waals surface area (Å²) in [4.78, 5) is 1.24. The van der Waals surface area contributed by atoms with Gasteiger partial charge in [0.15, 0.2) is 0 Å². The predicted molar refractivity (Wildman–Crippen MR) is 83.4 cm³/mol. The molecular weight excluding hydrogens is 262 g/mol. The highest BCUT2D eigenvalue weighted by atomic mass is 35.5. The fraction of sp³-hybridized carbons (Fsp3) is 0.467. The summed E-state index contributed by atoms with van der Waals surface area (Å²) in [5.74, 6) is 0.975. The van der Waals surface area contributed by atoms with Crippen LogP contribution in [-0.4, -0.2) is 11.8 Å². The van der Waals surface area contributed by atoms with Crippen LogP contribution < -0.4 is 5.73 Å². The summed E-state index contributed by atoms with van der Waals surface area (Å²) in [6.07, 6.45) is 7.92. The molecule has 0 aliphatic rings. The van der Waals surface area contributed by atoms with Crippen molar-refractivity contribution in [3.05, 3.63) is 41.9 Å². The molecule has 0 aliphatic heterocycles. The van der Waals surface area contributed by atoms with Crippen LogP contribution in [0.25, 0.3) is 0 Å². The van der Waals surface area contributed by atoms with Crippen LogP contribution in [0.3, 0.4) is 0 Å². The second-order valence-electron chi connectivity index (χ2n) is 4.45. The van der Waals surface area contributed by atoms with Crippen LogP contribution in [0.2, 0.25) is 5.02 Å². The number of nitrogens with two attached hydrogens (primary N) is 1. The van der Waals surface area contributed by atoms with Crippen molar-refractivity contribution in [2.75, 3.05) is 5.75 Å². The van der Waals surface area contributed by atoms with Gasteiger partial charge in [0.25, 0.3) is 0 Å². The highest BCUT2D eigenvalue weighted by molar-refractivity contribution is 7.99. The van der Waals surface area contributed by atoms with Gasteiger partial charge in [-0.3, -0.25) is 0 Å². The normalized spacial score (nSPS) is 12.3. The Hall–Kier alpha value is -0.440. The van der Waals surface area contributed by atoms with Crippen molar-refractivity contribution in [1.82, 2.24) is 0 Å². The molecule has 0 radical (unpaired) electrons. The molecule has 100 valence electrons. The van der Waals surface area contributed by atoms with Gasteiger partial charge < -0.3 is 5.73 Å². The lowest BCUT2D eigenvalue weighted by Gasteiger charge is -2.10. The molecule has 1 nitrogen and oxygen atoms in total. The Balaban J connectivity index is 2.11. The second kappa shape index (κ2) is 9.48. The largest absolute Gasteiger partial charge is 0.327 e. The third-order valence-corrected chi connectivity index (χ3v) is 4.21. The molecule has 1 unspecified atom stereocenters. The van der Waals surface area contributed by atoms with Gasteiger partial charge in [-0.25, -0.2) is 0 Å². The van der Waals surface area contributed by atoms with Gasteiger partial charge in [-0.05, 0) is 43.5 Å². The first-order valence-corrected chi connectivity index (χ1v) is 7.83. The molecular formula is C15H22ClNS. The van der Waals surface area contributed by atoms with Crippen molar-refractivity contribution in [1.29, 1.82) is 0 Å². The molecule has 0 saturated heterocycles. The van der Waals surface area contributed by atoms with Gasteiger partial charge >= 0.3 is 0 Å². The molecule has 0 heterocycles. The third-order valence-electron chi connectivity index (χ3n) is 2.76.